The highest BCUT2D eigenvalue weighted by atomic mass is 14.8. The second-order valence-electron chi connectivity index (χ2n) is 6.31. The van der Waals surface area contributed by atoms with E-state index in [1.54, 1.807) is 5.56 Å². The predicted octanol–water partition coefficient (Wildman–Crippen LogP) is 4.91. The molecule has 1 heteroatoms. The summed E-state index contributed by atoms with van der Waals surface area (Å²) in [4.78, 5) is 0. The van der Waals surface area contributed by atoms with Gasteiger partial charge in [-0.25, -0.2) is 0 Å². The van der Waals surface area contributed by atoms with Gasteiger partial charge in [-0.05, 0) is 55.3 Å². The smallest absolute Gasteiger partial charge is 0.00148 e. The Morgan fingerprint density at radius 2 is 1.95 bits per heavy atom. The van der Waals surface area contributed by atoms with Crippen LogP contribution in [0.2, 0.25) is 0 Å². The van der Waals surface area contributed by atoms with Crippen LogP contribution in [0.4, 0.5) is 0 Å². The highest BCUT2D eigenvalue weighted by molar-refractivity contribution is 5.27. The van der Waals surface area contributed by atoms with Gasteiger partial charge in [0, 0.05) is 0 Å². The standard InChI is InChI=1S/C19H31N/c1-3-9-16-10-8-12-17(14-16)19-13-7-5-6-11-18(19)15-20-4-2/h8,10,12,14,18-20H,3-7,9,11,13,15H2,1-2H3. The van der Waals surface area contributed by atoms with Gasteiger partial charge in [-0.3, -0.25) is 0 Å². The maximum atomic E-state index is 3.59. The zero-order valence-electron chi connectivity index (χ0n) is 13.3. The number of hydrogen-bond donors (Lipinski definition) is 1. The van der Waals surface area contributed by atoms with E-state index in [-0.39, 0.29) is 0 Å². The van der Waals surface area contributed by atoms with Crippen molar-refractivity contribution in [1.82, 2.24) is 5.32 Å². The third-order valence-electron chi connectivity index (χ3n) is 4.73. The lowest BCUT2D eigenvalue weighted by Crippen LogP contribution is -2.26. The fraction of sp³-hybridized carbons (Fsp3) is 0.684. The summed E-state index contributed by atoms with van der Waals surface area (Å²) in [5, 5.41) is 3.59. The summed E-state index contributed by atoms with van der Waals surface area (Å²) in [6.07, 6.45) is 9.50. The molecule has 0 aliphatic heterocycles. The zero-order chi connectivity index (χ0) is 14.2. The fourth-order valence-electron chi connectivity index (χ4n) is 3.67. The minimum Gasteiger partial charge on any atom is -0.317 e. The summed E-state index contributed by atoms with van der Waals surface area (Å²) in [5.41, 5.74) is 3.12. The van der Waals surface area contributed by atoms with E-state index in [4.69, 9.17) is 0 Å². The van der Waals surface area contributed by atoms with Crippen molar-refractivity contribution < 1.29 is 0 Å². The van der Waals surface area contributed by atoms with E-state index < -0.39 is 0 Å². The SMILES string of the molecule is CCCc1cccc(C2CCCCCC2CNCC)c1. The Labute approximate surface area is 125 Å². The average molecular weight is 273 g/mol. The molecule has 0 saturated heterocycles. The predicted molar refractivity (Wildman–Crippen MR) is 88.3 cm³/mol. The zero-order valence-corrected chi connectivity index (χ0v) is 13.3. The van der Waals surface area contributed by atoms with Gasteiger partial charge in [-0.2, -0.15) is 0 Å². The molecule has 0 amide bonds. The van der Waals surface area contributed by atoms with Crippen LogP contribution in [0, 0.1) is 5.92 Å². The molecular weight excluding hydrogens is 242 g/mol. The first-order valence-electron chi connectivity index (χ1n) is 8.64. The number of nitrogens with one attached hydrogen (secondary N) is 1. The lowest BCUT2D eigenvalue weighted by molar-refractivity contribution is 0.378. The van der Waals surface area contributed by atoms with Crippen LogP contribution in [0.15, 0.2) is 24.3 Å². The average Bonchev–Trinajstić information content (AvgIpc) is 2.71. The Kier molecular flexibility index (Phi) is 6.59. The van der Waals surface area contributed by atoms with E-state index in [2.05, 4.69) is 43.4 Å². The van der Waals surface area contributed by atoms with Crippen molar-refractivity contribution >= 4 is 0 Å². The van der Waals surface area contributed by atoms with Crippen molar-refractivity contribution in [3.05, 3.63) is 35.4 Å². The van der Waals surface area contributed by atoms with Gasteiger partial charge >= 0.3 is 0 Å². The molecule has 2 atom stereocenters. The number of hydrogen-bond acceptors (Lipinski definition) is 1. The Bertz CT molecular complexity index is 385. The first-order chi connectivity index (χ1) is 9.85. The van der Waals surface area contributed by atoms with Crippen LogP contribution in [0.3, 0.4) is 0 Å². The van der Waals surface area contributed by atoms with Crippen molar-refractivity contribution in [1.29, 1.82) is 0 Å². The molecule has 1 aliphatic carbocycles. The number of rotatable bonds is 6. The largest absolute Gasteiger partial charge is 0.317 e. The van der Waals surface area contributed by atoms with Gasteiger partial charge < -0.3 is 5.32 Å². The summed E-state index contributed by atoms with van der Waals surface area (Å²) in [6, 6.07) is 9.42. The molecule has 0 bridgehead atoms. The van der Waals surface area contributed by atoms with E-state index in [1.165, 1.54) is 57.1 Å². The fourth-order valence-corrected chi connectivity index (χ4v) is 3.67. The van der Waals surface area contributed by atoms with Gasteiger partial charge in [-0.1, -0.05) is 63.8 Å². The van der Waals surface area contributed by atoms with Crippen LogP contribution in [0.5, 0.6) is 0 Å². The van der Waals surface area contributed by atoms with Crippen molar-refractivity contribution in [3.8, 4) is 0 Å². The van der Waals surface area contributed by atoms with Gasteiger partial charge in [0.15, 0.2) is 0 Å². The minimum absolute atomic E-state index is 0.772. The third-order valence-corrected chi connectivity index (χ3v) is 4.73. The van der Waals surface area contributed by atoms with E-state index in [0.29, 0.717) is 0 Å². The maximum absolute atomic E-state index is 3.59. The molecule has 20 heavy (non-hydrogen) atoms. The van der Waals surface area contributed by atoms with Crippen molar-refractivity contribution in [2.75, 3.05) is 13.1 Å². The van der Waals surface area contributed by atoms with Gasteiger partial charge in [0.1, 0.15) is 0 Å². The summed E-state index contributed by atoms with van der Waals surface area (Å²) >= 11 is 0. The molecule has 0 aromatic heterocycles. The Morgan fingerprint density at radius 3 is 2.75 bits per heavy atom. The van der Waals surface area contributed by atoms with E-state index in [0.717, 1.165) is 18.4 Å². The van der Waals surface area contributed by atoms with Crippen LogP contribution in [-0.4, -0.2) is 13.1 Å². The van der Waals surface area contributed by atoms with Crippen molar-refractivity contribution in [3.63, 3.8) is 0 Å². The van der Waals surface area contributed by atoms with E-state index in [1.807, 2.05) is 0 Å². The molecule has 1 aliphatic rings. The number of aryl methyl sites for hydroxylation is 1. The Hall–Kier alpha value is -0.820. The molecule has 0 radical (unpaired) electrons. The molecule has 112 valence electrons. The van der Waals surface area contributed by atoms with E-state index >= 15 is 0 Å². The monoisotopic (exact) mass is 273 g/mol. The van der Waals surface area contributed by atoms with Crippen molar-refractivity contribution in [2.45, 2.75) is 64.7 Å². The molecule has 1 saturated carbocycles. The first-order valence-corrected chi connectivity index (χ1v) is 8.64. The van der Waals surface area contributed by atoms with Crippen LogP contribution >= 0.6 is 0 Å². The Morgan fingerprint density at radius 1 is 1.10 bits per heavy atom. The third kappa shape index (κ3) is 4.34. The number of benzene rings is 1. The molecule has 2 unspecified atom stereocenters. The Balaban J connectivity index is 2.14. The van der Waals surface area contributed by atoms with Crippen molar-refractivity contribution in [2.24, 2.45) is 5.92 Å². The molecule has 1 N–H and O–H groups in total. The molecular formula is C19H31N. The highest BCUT2D eigenvalue weighted by Crippen LogP contribution is 2.36. The van der Waals surface area contributed by atoms with Crippen LogP contribution in [0.1, 0.15) is 69.4 Å². The molecule has 2 rings (SSSR count). The summed E-state index contributed by atoms with van der Waals surface area (Å²) in [7, 11) is 0. The molecule has 1 aromatic rings. The lowest BCUT2D eigenvalue weighted by atomic mass is 9.81. The lowest BCUT2D eigenvalue weighted by Gasteiger charge is -2.26. The summed E-state index contributed by atoms with van der Waals surface area (Å²) in [5.74, 6) is 1.60. The van der Waals surface area contributed by atoms with Gasteiger partial charge in [-0.15, -0.1) is 0 Å². The van der Waals surface area contributed by atoms with Crippen LogP contribution in [0.25, 0.3) is 0 Å². The molecule has 1 aromatic carbocycles. The molecule has 0 heterocycles. The quantitative estimate of drug-likeness (QED) is 0.726. The second-order valence-corrected chi connectivity index (χ2v) is 6.31. The van der Waals surface area contributed by atoms with E-state index in [9.17, 15) is 0 Å². The van der Waals surface area contributed by atoms with Crippen LogP contribution < -0.4 is 5.32 Å². The van der Waals surface area contributed by atoms with Gasteiger partial charge in [0.05, 0.1) is 0 Å². The van der Waals surface area contributed by atoms with Gasteiger partial charge in [0.25, 0.3) is 0 Å². The normalized spacial score (nSPS) is 23.5. The topological polar surface area (TPSA) is 12.0 Å². The molecule has 1 nitrogen and oxygen atoms in total. The highest BCUT2D eigenvalue weighted by Gasteiger charge is 2.24. The molecule has 0 spiro atoms. The summed E-state index contributed by atoms with van der Waals surface area (Å²) in [6.45, 7) is 6.78. The van der Waals surface area contributed by atoms with Crippen LogP contribution in [-0.2, 0) is 6.42 Å². The maximum Gasteiger partial charge on any atom is -0.00148 e. The van der Waals surface area contributed by atoms with Gasteiger partial charge in [0.2, 0.25) is 0 Å². The molecule has 1 fully saturated rings. The minimum atomic E-state index is 0.772. The summed E-state index contributed by atoms with van der Waals surface area (Å²) < 4.78 is 0. The second kappa shape index (κ2) is 8.46. The first kappa shape index (κ1) is 15.6.